The number of hydrogen-bond acceptors (Lipinski definition) is 6. The first-order chi connectivity index (χ1) is 20.3. The van der Waals surface area contributed by atoms with Crippen molar-refractivity contribution in [2.24, 2.45) is 0 Å². The summed E-state index contributed by atoms with van der Waals surface area (Å²) in [4.78, 5) is 39.0. The fraction of sp³-hybridized carbons (Fsp3) is 0.0909. The highest BCUT2D eigenvalue weighted by Crippen LogP contribution is 2.36. The van der Waals surface area contributed by atoms with E-state index >= 15 is 0 Å². The molecule has 1 saturated heterocycles. The van der Waals surface area contributed by atoms with Gasteiger partial charge in [-0.3, -0.25) is 19.8 Å². The topological polar surface area (TPSA) is 105 Å². The van der Waals surface area contributed by atoms with Crippen molar-refractivity contribution in [3.8, 4) is 11.5 Å². The van der Waals surface area contributed by atoms with E-state index in [1.54, 1.807) is 24.3 Å². The summed E-state index contributed by atoms with van der Waals surface area (Å²) in [5.74, 6) is -1.56. The predicted octanol–water partition coefficient (Wildman–Crippen LogP) is 5.69. The lowest BCUT2D eigenvalue weighted by atomic mass is 10.0. The minimum absolute atomic E-state index is 0.0246. The summed E-state index contributed by atoms with van der Waals surface area (Å²) in [6, 6.07) is 23.3. The van der Waals surface area contributed by atoms with Crippen molar-refractivity contribution in [1.29, 1.82) is 0 Å². The molecule has 5 rings (SSSR count). The molecule has 1 heterocycles. The quantitative estimate of drug-likeness (QED) is 0.114. The van der Waals surface area contributed by atoms with Crippen LogP contribution in [0.4, 0.5) is 5.69 Å². The fourth-order valence-electron chi connectivity index (χ4n) is 4.79. The first-order valence-electron chi connectivity index (χ1n) is 13.0. The molecule has 0 aliphatic carbocycles. The SMILES string of the molecule is C=CCc1cc(C=C2C(=O)NC(=S)N(c3cccc(C(=O)O)c3)C2=O)cc(OC)c1OCc1cccc2ccccc12. The number of methoxy groups -OCH3 is 1. The van der Waals surface area contributed by atoms with Crippen molar-refractivity contribution < 1.29 is 29.0 Å². The summed E-state index contributed by atoms with van der Waals surface area (Å²) in [6.45, 7) is 4.16. The number of benzene rings is 4. The molecule has 0 unspecified atom stereocenters. The summed E-state index contributed by atoms with van der Waals surface area (Å²) >= 11 is 5.25. The van der Waals surface area contributed by atoms with Crippen LogP contribution in [0.2, 0.25) is 0 Å². The highest BCUT2D eigenvalue weighted by atomic mass is 32.1. The van der Waals surface area contributed by atoms with Gasteiger partial charge >= 0.3 is 5.97 Å². The zero-order valence-corrected chi connectivity index (χ0v) is 23.4. The van der Waals surface area contributed by atoms with Crippen LogP contribution in [-0.2, 0) is 22.6 Å². The van der Waals surface area contributed by atoms with Crippen molar-refractivity contribution in [1.82, 2.24) is 5.32 Å². The highest BCUT2D eigenvalue weighted by Gasteiger charge is 2.35. The van der Waals surface area contributed by atoms with E-state index in [0.29, 0.717) is 30.1 Å². The Morgan fingerprint density at radius 2 is 1.79 bits per heavy atom. The number of nitrogens with zero attached hydrogens (tertiary/aromatic N) is 1. The summed E-state index contributed by atoms with van der Waals surface area (Å²) < 4.78 is 12.0. The van der Waals surface area contributed by atoms with E-state index in [1.165, 1.54) is 31.4 Å². The van der Waals surface area contributed by atoms with Crippen molar-refractivity contribution in [2.75, 3.05) is 12.0 Å². The number of carbonyl (C=O) groups is 3. The molecular formula is C33H26N2O6S. The Hall–Kier alpha value is -5.28. The van der Waals surface area contributed by atoms with Crippen LogP contribution in [0, 0.1) is 0 Å². The maximum Gasteiger partial charge on any atom is 0.335 e. The van der Waals surface area contributed by atoms with Gasteiger partial charge in [-0.1, -0.05) is 54.6 Å². The lowest BCUT2D eigenvalue weighted by Crippen LogP contribution is -2.54. The van der Waals surface area contributed by atoms with Crippen LogP contribution in [0.15, 0.2) is 97.1 Å². The Bertz CT molecular complexity index is 1790. The number of amides is 2. The molecule has 210 valence electrons. The van der Waals surface area contributed by atoms with Crippen molar-refractivity contribution >= 4 is 57.6 Å². The number of fused-ring (bicyclic) bond motifs is 1. The number of hydrogen-bond donors (Lipinski definition) is 2. The molecule has 4 aromatic carbocycles. The monoisotopic (exact) mass is 578 g/mol. The zero-order valence-electron chi connectivity index (χ0n) is 22.6. The van der Waals surface area contributed by atoms with Crippen molar-refractivity contribution in [2.45, 2.75) is 13.0 Å². The van der Waals surface area contributed by atoms with Crippen LogP contribution < -0.4 is 19.7 Å². The van der Waals surface area contributed by atoms with Gasteiger partial charge in [0.15, 0.2) is 16.6 Å². The minimum atomic E-state index is -1.16. The van der Waals surface area contributed by atoms with Crippen LogP contribution in [0.3, 0.4) is 0 Å². The number of aromatic carboxylic acids is 1. The second-order valence-electron chi connectivity index (χ2n) is 9.44. The number of allylic oxidation sites excluding steroid dienone is 1. The molecule has 9 heteroatoms. The van der Waals surface area contributed by atoms with Crippen LogP contribution in [0.5, 0.6) is 11.5 Å². The molecule has 0 spiro atoms. The van der Waals surface area contributed by atoms with Gasteiger partial charge in [0, 0.05) is 5.56 Å². The van der Waals surface area contributed by atoms with E-state index < -0.39 is 17.8 Å². The molecule has 0 saturated carbocycles. The van der Waals surface area contributed by atoms with Gasteiger partial charge in [-0.05, 0) is 76.9 Å². The minimum Gasteiger partial charge on any atom is -0.493 e. The summed E-state index contributed by atoms with van der Waals surface area (Å²) in [7, 11) is 1.52. The van der Waals surface area contributed by atoms with Crippen LogP contribution in [0.1, 0.15) is 27.0 Å². The second-order valence-corrected chi connectivity index (χ2v) is 9.83. The van der Waals surface area contributed by atoms with E-state index in [1.807, 2.05) is 42.5 Å². The maximum atomic E-state index is 13.5. The van der Waals surface area contributed by atoms with Crippen molar-refractivity contribution in [3.05, 3.63) is 119 Å². The van der Waals surface area contributed by atoms with Crippen LogP contribution in [-0.4, -0.2) is 35.1 Å². The van der Waals surface area contributed by atoms with E-state index in [2.05, 4.69) is 11.9 Å². The largest absolute Gasteiger partial charge is 0.493 e. The Morgan fingerprint density at radius 1 is 1.02 bits per heavy atom. The molecule has 2 N–H and O–H groups in total. The molecule has 1 aliphatic rings. The molecule has 1 fully saturated rings. The Morgan fingerprint density at radius 3 is 2.55 bits per heavy atom. The van der Waals surface area contributed by atoms with E-state index in [9.17, 15) is 19.5 Å². The van der Waals surface area contributed by atoms with E-state index in [-0.39, 0.29) is 21.9 Å². The van der Waals surface area contributed by atoms with Gasteiger partial charge < -0.3 is 14.6 Å². The van der Waals surface area contributed by atoms with Gasteiger partial charge in [-0.2, -0.15) is 0 Å². The zero-order chi connectivity index (χ0) is 29.8. The number of carboxylic acids is 1. The first kappa shape index (κ1) is 28.3. The molecule has 2 amide bonds. The number of ether oxygens (including phenoxy) is 2. The molecule has 0 bridgehead atoms. The number of thiocarbonyl (C=S) groups is 1. The van der Waals surface area contributed by atoms with Gasteiger partial charge in [0.1, 0.15) is 12.2 Å². The molecule has 0 atom stereocenters. The molecule has 8 nitrogen and oxygen atoms in total. The molecule has 1 aliphatic heterocycles. The smallest absolute Gasteiger partial charge is 0.335 e. The van der Waals surface area contributed by atoms with Gasteiger partial charge in [0.05, 0.1) is 18.4 Å². The summed E-state index contributed by atoms with van der Waals surface area (Å²) in [5.41, 5.74) is 2.30. The van der Waals surface area contributed by atoms with Gasteiger partial charge in [0.2, 0.25) is 0 Å². The summed E-state index contributed by atoms with van der Waals surface area (Å²) in [6.07, 6.45) is 3.61. The average Bonchev–Trinajstić information content (AvgIpc) is 2.98. The van der Waals surface area contributed by atoms with Crippen LogP contribution >= 0.6 is 12.2 Å². The third-order valence-corrected chi connectivity index (χ3v) is 7.04. The number of carbonyl (C=O) groups excluding carboxylic acids is 2. The highest BCUT2D eigenvalue weighted by molar-refractivity contribution is 7.80. The standard InChI is InChI=1S/C33H26N2O6S/c1-3-8-22-15-20(17-28(40-2)29(22)41-19-24-12-6-10-21-9-4-5-14-26(21)24)16-27-30(36)34-33(42)35(31(27)37)25-13-7-11-23(18-25)32(38)39/h3-7,9-18H,1,8,19H2,2H3,(H,38,39)(H,34,36,42). The van der Waals surface area contributed by atoms with Gasteiger partial charge in [-0.25, -0.2) is 4.79 Å². The third kappa shape index (κ3) is 5.63. The van der Waals surface area contributed by atoms with Gasteiger partial charge in [-0.15, -0.1) is 6.58 Å². The number of rotatable bonds is 9. The molecule has 0 radical (unpaired) electrons. The van der Waals surface area contributed by atoms with Crippen molar-refractivity contribution in [3.63, 3.8) is 0 Å². The van der Waals surface area contributed by atoms with E-state index in [4.69, 9.17) is 21.7 Å². The Labute approximate surface area is 247 Å². The van der Waals surface area contributed by atoms with Crippen LogP contribution in [0.25, 0.3) is 16.8 Å². The van der Waals surface area contributed by atoms with E-state index in [0.717, 1.165) is 26.8 Å². The Balaban J connectivity index is 1.50. The predicted molar refractivity (Wildman–Crippen MR) is 165 cm³/mol. The Kier molecular flexibility index (Phi) is 8.12. The van der Waals surface area contributed by atoms with Gasteiger partial charge in [0.25, 0.3) is 11.8 Å². The molecular weight excluding hydrogens is 552 g/mol. The first-order valence-corrected chi connectivity index (χ1v) is 13.4. The average molecular weight is 579 g/mol. The lowest BCUT2D eigenvalue weighted by Gasteiger charge is -2.29. The second kappa shape index (κ2) is 12.1. The maximum absolute atomic E-state index is 13.5. The number of nitrogens with one attached hydrogen (secondary N) is 1. The molecule has 42 heavy (non-hydrogen) atoms. The lowest BCUT2D eigenvalue weighted by molar-refractivity contribution is -0.122. The normalized spacial score (nSPS) is 14.2. The number of anilines is 1. The molecule has 0 aromatic heterocycles. The number of carboxylic acid groups (broad SMARTS) is 1. The molecule has 4 aromatic rings. The summed E-state index contributed by atoms with van der Waals surface area (Å²) in [5, 5.41) is 13.9. The third-order valence-electron chi connectivity index (χ3n) is 6.75. The fourth-order valence-corrected chi connectivity index (χ4v) is 5.08.